The second-order valence-corrected chi connectivity index (χ2v) is 7.20. The minimum Gasteiger partial charge on any atom is -0.348 e. The molecule has 0 aliphatic rings. The van der Waals surface area contributed by atoms with Gasteiger partial charge in [0.2, 0.25) is 0 Å². The predicted molar refractivity (Wildman–Crippen MR) is 113 cm³/mol. The molecule has 0 aliphatic carbocycles. The molecule has 0 spiro atoms. The van der Waals surface area contributed by atoms with Gasteiger partial charge in [0.15, 0.2) is 0 Å². The lowest BCUT2D eigenvalue weighted by Gasteiger charge is -2.08. The van der Waals surface area contributed by atoms with Crippen LogP contribution in [0.4, 0.5) is 0 Å². The Labute approximate surface area is 173 Å². The van der Waals surface area contributed by atoms with E-state index in [9.17, 15) is 4.79 Å². The van der Waals surface area contributed by atoms with E-state index in [1.54, 1.807) is 17.1 Å². The number of hydrogen-bond acceptors (Lipinski definition) is 3. The highest BCUT2D eigenvalue weighted by Crippen LogP contribution is 2.19. The molecular formula is C22H20ClN5O. The number of carbonyl (C=O) groups is 1. The lowest BCUT2D eigenvalue weighted by atomic mass is 10.2. The summed E-state index contributed by atoms with van der Waals surface area (Å²) in [4.78, 5) is 17.1. The van der Waals surface area contributed by atoms with Gasteiger partial charge >= 0.3 is 0 Å². The first-order valence-electron chi connectivity index (χ1n) is 9.21. The molecule has 3 heterocycles. The van der Waals surface area contributed by atoms with Gasteiger partial charge in [-0.15, -0.1) is 0 Å². The van der Waals surface area contributed by atoms with Crippen LogP contribution in [0.5, 0.6) is 0 Å². The summed E-state index contributed by atoms with van der Waals surface area (Å²) < 4.78 is 3.73. The smallest absolute Gasteiger partial charge is 0.253 e. The van der Waals surface area contributed by atoms with Gasteiger partial charge in [0.1, 0.15) is 5.82 Å². The number of pyridine rings is 1. The first-order chi connectivity index (χ1) is 14.0. The number of nitrogens with one attached hydrogen (secondary N) is 1. The van der Waals surface area contributed by atoms with Crippen LogP contribution in [-0.4, -0.2) is 25.2 Å². The van der Waals surface area contributed by atoms with Gasteiger partial charge in [0, 0.05) is 40.9 Å². The maximum absolute atomic E-state index is 12.8. The van der Waals surface area contributed by atoms with Crippen molar-refractivity contribution in [2.45, 2.75) is 20.4 Å². The molecule has 1 aromatic carbocycles. The van der Waals surface area contributed by atoms with Crippen molar-refractivity contribution < 1.29 is 4.79 Å². The van der Waals surface area contributed by atoms with Crippen molar-refractivity contribution in [3.8, 4) is 11.5 Å². The largest absolute Gasteiger partial charge is 0.348 e. The number of rotatable bonds is 5. The Bertz CT molecular complexity index is 1150. The van der Waals surface area contributed by atoms with E-state index < -0.39 is 0 Å². The maximum Gasteiger partial charge on any atom is 0.253 e. The van der Waals surface area contributed by atoms with Crippen LogP contribution in [0, 0.1) is 13.8 Å². The monoisotopic (exact) mass is 405 g/mol. The zero-order valence-corrected chi connectivity index (χ0v) is 16.9. The van der Waals surface area contributed by atoms with Crippen molar-refractivity contribution in [1.29, 1.82) is 0 Å². The van der Waals surface area contributed by atoms with Gasteiger partial charge < -0.3 is 9.88 Å². The molecule has 146 valence electrons. The van der Waals surface area contributed by atoms with E-state index in [4.69, 9.17) is 11.6 Å². The average Bonchev–Trinajstić information content (AvgIpc) is 3.32. The predicted octanol–water partition coefficient (Wildman–Crippen LogP) is 4.26. The van der Waals surface area contributed by atoms with Crippen molar-refractivity contribution in [2.75, 3.05) is 0 Å². The van der Waals surface area contributed by atoms with Crippen LogP contribution in [0.2, 0.25) is 5.02 Å². The van der Waals surface area contributed by atoms with Crippen LogP contribution in [0.15, 0.2) is 67.1 Å². The molecule has 0 radical (unpaired) electrons. The summed E-state index contributed by atoms with van der Waals surface area (Å²) in [5.74, 6) is 0.672. The molecule has 3 aromatic heterocycles. The number of hydrogen-bond donors (Lipinski definition) is 1. The summed E-state index contributed by atoms with van der Waals surface area (Å²) in [7, 11) is 0. The molecule has 0 unspecified atom stereocenters. The summed E-state index contributed by atoms with van der Waals surface area (Å²) in [6, 6.07) is 15.0. The highest BCUT2D eigenvalue weighted by Gasteiger charge is 2.17. The van der Waals surface area contributed by atoms with Crippen LogP contribution in [0.1, 0.15) is 27.3 Å². The molecule has 0 saturated heterocycles. The lowest BCUT2D eigenvalue weighted by molar-refractivity contribution is 0.0950. The van der Waals surface area contributed by atoms with Gasteiger partial charge in [0.25, 0.3) is 5.91 Å². The Morgan fingerprint density at radius 1 is 1.14 bits per heavy atom. The van der Waals surface area contributed by atoms with E-state index in [1.807, 2.05) is 73.1 Å². The topological polar surface area (TPSA) is 64.7 Å². The number of nitrogens with zero attached hydrogens (tertiary/aromatic N) is 4. The van der Waals surface area contributed by atoms with Gasteiger partial charge in [-0.3, -0.25) is 4.79 Å². The van der Waals surface area contributed by atoms with E-state index in [-0.39, 0.29) is 5.91 Å². The van der Waals surface area contributed by atoms with Crippen LogP contribution >= 0.6 is 11.6 Å². The zero-order valence-electron chi connectivity index (χ0n) is 16.1. The minimum atomic E-state index is -0.125. The van der Waals surface area contributed by atoms with Crippen molar-refractivity contribution in [3.05, 3.63) is 94.7 Å². The summed E-state index contributed by atoms with van der Waals surface area (Å²) in [5, 5.41) is 8.00. The van der Waals surface area contributed by atoms with Crippen LogP contribution in [0.25, 0.3) is 11.5 Å². The fraction of sp³-hybridized carbons (Fsp3) is 0.136. The zero-order chi connectivity index (χ0) is 20.4. The number of halogens is 1. The molecule has 0 aliphatic heterocycles. The van der Waals surface area contributed by atoms with Gasteiger partial charge in [-0.25, -0.2) is 9.67 Å². The van der Waals surface area contributed by atoms with E-state index in [0.29, 0.717) is 17.1 Å². The van der Waals surface area contributed by atoms with Crippen molar-refractivity contribution >= 4 is 17.5 Å². The van der Waals surface area contributed by atoms with Gasteiger partial charge in [-0.05, 0) is 56.3 Å². The molecule has 0 fully saturated rings. The fourth-order valence-corrected chi connectivity index (χ4v) is 3.42. The first-order valence-corrected chi connectivity index (χ1v) is 9.59. The highest BCUT2D eigenvalue weighted by atomic mass is 35.5. The maximum atomic E-state index is 12.8. The molecule has 0 atom stereocenters. The van der Waals surface area contributed by atoms with E-state index in [2.05, 4.69) is 15.4 Å². The molecule has 6 nitrogen and oxygen atoms in total. The van der Waals surface area contributed by atoms with Crippen molar-refractivity contribution in [1.82, 2.24) is 24.6 Å². The Morgan fingerprint density at radius 3 is 2.66 bits per heavy atom. The second-order valence-electron chi connectivity index (χ2n) is 6.76. The van der Waals surface area contributed by atoms with Crippen molar-refractivity contribution in [3.63, 3.8) is 0 Å². The third-order valence-corrected chi connectivity index (χ3v) is 4.99. The number of aryl methyl sites for hydroxylation is 1. The molecule has 4 rings (SSSR count). The summed E-state index contributed by atoms with van der Waals surface area (Å²) >= 11 is 5.93. The van der Waals surface area contributed by atoms with Crippen LogP contribution in [-0.2, 0) is 6.54 Å². The van der Waals surface area contributed by atoms with E-state index in [1.165, 1.54) is 0 Å². The Morgan fingerprint density at radius 2 is 1.93 bits per heavy atom. The number of aromatic nitrogens is 4. The summed E-state index contributed by atoms with van der Waals surface area (Å²) in [5.41, 5.74) is 4.27. The highest BCUT2D eigenvalue weighted by molar-refractivity contribution is 6.30. The van der Waals surface area contributed by atoms with Crippen molar-refractivity contribution in [2.24, 2.45) is 0 Å². The lowest BCUT2D eigenvalue weighted by Crippen LogP contribution is -2.23. The van der Waals surface area contributed by atoms with Crippen LogP contribution < -0.4 is 5.32 Å². The quantitative estimate of drug-likeness (QED) is 0.539. The third kappa shape index (κ3) is 3.93. The molecule has 1 amide bonds. The Kier molecular flexibility index (Phi) is 5.18. The molecule has 29 heavy (non-hydrogen) atoms. The molecule has 1 N–H and O–H groups in total. The first kappa shape index (κ1) is 19.0. The SMILES string of the molecule is Cc1cc(C(=O)NCc2cnn(-c3ccc(Cl)cc3)c2)c(C)n1-c1ccccn1. The van der Waals surface area contributed by atoms with Gasteiger partial charge in [-0.2, -0.15) is 5.10 Å². The Balaban J connectivity index is 1.48. The molecular weight excluding hydrogens is 386 g/mol. The fourth-order valence-electron chi connectivity index (χ4n) is 3.30. The normalized spacial score (nSPS) is 10.9. The molecule has 0 saturated carbocycles. The average molecular weight is 406 g/mol. The standard InChI is InChI=1S/C22H20ClN5O/c1-15-11-20(16(2)28(15)21-5-3-4-10-24-21)22(29)25-12-17-13-26-27(14-17)19-8-6-18(23)7-9-19/h3-11,13-14H,12H2,1-2H3,(H,25,29). The third-order valence-electron chi connectivity index (χ3n) is 4.73. The molecule has 7 heteroatoms. The van der Waals surface area contributed by atoms with Gasteiger partial charge in [0.05, 0.1) is 17.4 Å². The molecule has 4 aromatic rings. The number of benzene rings is 1. The van der Waals surface area contributed by atoms with Gasteiger partial charge in [-0.1, -0.05) is 17.7 Å². The number of carbonyl (C=O) groups excluding carboxylic acids is 1. The minimum absolute atomic E-state index is 0.125. The molecule has 0 bridgehead atoms. The van der Waals surface area contributed by atoms with E-state index >= 15 is 0 Å². The summed E-state index contributed by atoms with van der Waals surface area (Å²) in [6.45, 7) is 4.28. The number of amides is 1. The Hall–Kier alpha value is -3.38. The summed E-state index contributed by atoms with van der Waals surface area (Å²) in [6.07, 6.45) is 5.37. The van der Waals surface area contributed by atoms with Crippen LogP contribution in [0.3, 0.4) is 0 Å². The van der Waals surface area contributed by atoms with E-state index in [0.717, 1.165) is 28.5 Å². The second kappa shape index (κ2) is 7.93.